The van der Waals surface area contributed by atoms with Gasteiger partial charge in [0.25, 0.3) is 0 Å². The summed E-state index contributed by atoms with van der Waals surface area (Å²) in [6, 6.07) is 0.0855. The number of nitrogens with zero attached hydrogens (tertiary/aromatic N) is 1. The molecular weight excluding hydrogens is 312 g/mol. The Morgan fingerprint density at radius 2 is 2.14 bits per heavy atom. The molecule has 1 saturated carbocycles. The van der Waals surface area contributed by atoms with Crippen molar-refractivity contribution in [3.63, 3.8) is 0 Å². The van der Waals surface area contributed by atoms with Gasteiger partial charge in [-0.2, -0.15) is 4.37 Å². The van der Waals surface area contributed by atoms with Crippen LogP contribution in [0.25, 0.3) is 0 Å². The van der Waals surface area contributed by atoms with Gasteiger partial charge in [-0.05, 0) is 38.2 Å². The number of aromatic nitrogens is 1. The number of nitrogens with two attached hydrogens (primary N) is 1. The van der Waals surface area contributed by atoms with E-state index in [-0.39, 0.29) is 34.3 Å². The molecule has 1 aliphatic carbocycles. The van der Waals surface area contributed by atoms with Crippen molar-refractivity contribution in [2.45, 2.75) is 49.3 Å². The molecule has 9 heteroatoms. The number of rotatable bonds is 7. The van der Waals surface area contributed by atoms with Crippen molar-refractivity contribution in [2.24, 2.45) is 0 Å². The van der Waals surface area contributed by atoms with Crippen molar-refractivity contribution in [1.82, 2.24) is 9.69 Å². The third-order valence-electron chi connectivity index (χ3n) is 3.01. The summed E-state index contributed by atoms with van der Waals surface area (Å²) in [6.07, 6.45) is 1.61. The van der Waals surface area contributed by atoms with Crippen molar-refractivity contribution in [3.05, 3.63) is 0 Å². The van der Waals surface area contributed by atoms with Crippen LogP contribution in [0.5, 0.6) is 0 Å². The Hall–Kier alpha value is -1.35. The Bertz CT molecular complexity index is 620. The van der Waals surface area contributed by atoms with E-state index in [1.165, 1.54) is 0 Å². The highest BCUT2D eigenvalue weighted by Crippen LogP contribution is 2.40. The minimum atomic E-state index is -3.39. The first-order chi connectivity index (χ1) is 9.82. The van der Waals surface area contributed by atoms with Crippen LogP contribution in [-0.4, -0.2) is 36.5 Å². The fourth-order valence-corrected chi connectivity index (χ4v) is 4.82. The quantitative estimate of drug-likeness (QED) is 0.686. The molecule has 7 nitrogen and oxygen atoms in total. The first kappa shape index (κ1) is 16.0. The summed E-state index contributed by atoms with van der Waals surface area (Å²) in [5.74, 6) is -0.0392. The molecule has 1 amide bonds. The lowest BCUT2D eigenvalue weighted by Crippen LogP contribution is -2.31. The summed E-state index contributed by atoms with van der Waals surface area (Å²) >= 11 is 1.02. The minimum Gasteiger partial charge on any atom is -0.382 e. The van der Waals surface area contributed by atoms with Gasteiger partial charge in [0, 0.05) is 19.0 Å². The molecule has 0 saturated heterocycles. The number of amides is 1. The maximum Gasteiger partial charge on any atom is 0.221 e. The molecule has 0 unspecified atom stereocenters. The van der Waals surface area contributed by atoms with Gasteiger partial charge >= 0.3 is 0 Å². The molecule has 0 aromatic carbocycles. The maximum atomic E-state index is 12.3. The second-order valence-corrected chi connectivity index (χ2v) is 8.31. The van der Waals surface area contributed by atoms with Gasteiger partial charge in [-0.1, -0.05) is 0 Å². The molecule has 0 bridgehead atoms. The summed E-state index contributed by atoms with van der Waals surface area (Å²) in [5, 5.41) is 5.83. The molecule has 1 fully saturated rings. The SMILES string of the molecule is CC(C)NC(=O)CCNc1snc(N)c1S(=O)(=O)C1CC1. The van der Waals surface area contributed by atoms with Gasteiger partial charge in [-0.25, -0.2) is 8.42 Å². The molecule has 4 N–H and O–H groups in total. The molecule has 1 heterocycles. The Morgan fingerprint density at radius 3 is 2.71 bits per heavy atom. The molecule has 1 aliphatic rings. The van der Waals surface area contributed by atoms with Crippen LogP contribution in [-0.2, 0) is 14.6 Å². The van der Waals surface area contributed by atoms with Crippen LogP contribution >= 0.6 is 11.5 Å². The number of anilines is 2. The molecular formula is C12H20N4O3S2. The third-order valence-corrected chi connectivity index (χ3v) is 6.29. The molecule has 0 spiro atoms. The number of hydrogen-bond donors (Lipinski definition) is 3. The highest BCUT2D eigenvalue weighted by atomic mass is 32.2. The van der Waals surface area contributed by atoms with Crippen LogP contribution < -0.4 is 16.4 Å². The predicted octanol–water partition coefficient (Wildman–Crippen LogP) is 0.988. The highest BCUT2D eigenvalue weighted by molar-refractivity contribution is 7.92. The van der Waals surface area contributed by atoms with Crippen LogP contribution in [0.1, 0.15) is 33.1 Å². The Kier molecular flexibility index (Phi) is 4.72. The molecule has 1 aromatic heterocycles. The Balaban J connectivity index is 2.00. The van der Waals surface area contributed by atoms with E-state index < -0.39 is 9.84 Å². The molecule has 21 heavy (non-hydrogen) atoms. The largest absolute Gasteiger partial charge is 0.382 e. The minimum absolute atomic E-state index is 0.0426. The van der Waals surface area contributed by atoms with Gasteiger partial charge < -0.3 is 16.4 Å². The van der Waals surface area contributed by atoms with E-state index >= 15 is 0 Å². The van der Waals surface area contributed by atoms with Crippen molar-refractivity contribution in [1.29, 1.82) is 0 Å². The van der Waals surface area contributed by atoms with Gasteiger partial charge in [0.2, 0.25) is 5.91 Å². The molecule has 2 rings (SSSR count). The Labute approximate surface area is 128 Å². The van der Waals surface area contributed by atoms with Crippen molar-refractivity contribution < 1.29 is 13.2 Å². The van der Waals surface area contributed by atoms with Crippen LogP contribution in [0.2, 0.25) is 0 Å². The van der Waals surface area contributed by atoms with Crippen LogP contribution in [0.4, 0.5) is 10.8 Å². The Morgan fingerprint density at radius 1 is 1.48 bits per heavy atom. The van der Waals surface area contributed by atoms with Gasteiger partial charge in [-0.15, -0.1) is 0 Å². The van der Waals surface area contributed by atoms with Crippen molar-refractivity contribution in [3.8, 4) is 0 Å². The number of sulfone groups is 1. The lowest BCUT2D eigenvalue weighted by molar-refractivity contribution is -0.121. The van der Waals surface area contributed by atoms with E-state index in [9.17, 15) is 13.2 Å². The molecule has 0 radical (unpaired) electrons. The monoisotopic (exact) mass is 332 g/mol. The second kappa shape index (κ2) is 6.18. The summed E-state index contributed by atoms with van der Waals surface area (Å²) in [6.45, 7) is 4.11. The van der Waals surface area contributed by atoms with Crippen LogP contribution in [0.3, 0.4) is 0 Å². The zero-order valence-corrected chi connectivity index (χ0v) is 13.7. The number of hydrogen-bond acceptors (Lipinski definition) is 7. The van der Waals surface area contributed by atoms with Crippen molar-refractivity contribution >= 4 is 38.1 Å². The summed E-state index contributed by atoms with van der Waals surface area (Å²) < 4.78 is 28.5. The first-order valence-corrected chi connectivity index (χ1v) is 9.16. The fourth-order valence-electron chi connectivity index (χ4n) is 1.91. The van der Waals surface area contributed by atoms with E-state index in [0.29, 0.717) is 24.4 Å². The first-order valence-electron chi connectivity index (χ1n) is 6.84. The number of carbonyl (C=O) groups is 1. The number of carbonyl (C=O) groups excluding carboxylic acids is 1. The fraction of sp³-hybridized carbons (Fsp3) is 0.667. The zero-order chi connectivity index (χ0) is 15.6. The zero-order valence-electron chi connectivity index (χ0n) is 12.0. The summed E-state index contributed by atoms with van der Waals surface area (Å²) in [5.41, 5.74) is 5.69. The van der Waals surface area contributed by atoms with Gasteiger partial charge in [0.15, 0.2) is 15.7 Å². The van der Waals surface area contributed by atoms with E-state index in [4.69, 9.17) is 5.73 Å². The lowest BCUT2D eigenvalue weighted by atomic mass is 10.3. The van der Waals surface area contributed by atoms with E-state index in [1.807, 2.05) is 13.8 Å². The molecule has 1 aromatic rings. The summed E-state index contributed by atoms with van der Waals surface area (Å²) in [7, 11) is -3.39. The third kappa shape index (κ3) is 3.85. The van der Waals surface area contributed by atoms with Crippen molar-refractivity contribution in [2.75, 3.05) is 17.6 Å². The van der Waals surface area contributed by atoms with E-state index in [0.717, 1.165) is 11.5 Å². The van der Waals surface area contributed by atoms with Gasteiger partial charge in [0.05, 0.1) is 5.25 Å². The highest BCUT2D eigenvalue weighted by Gasteiger charge is 2.40. The van der Waals surface area contributed by atoms with Gasteiger partial charge in [0.1, 0.15) is 9.90 Å². The van der Waals surface area contributed by atoms with Crippen LogP contribution in [0.15, 0.2) is 4.90 Å². The average Bonchev–Trinajstić information content (AvgIpc) is 3.14. The smallest absolute Gasteiger partial charge is 0.221 e. The van der Waals surface area contributed by atoms with Gasteiger partial charge in [-0.3, -0.25) is 4.79 Å². The second-order valence-electron chi connectivity index (χ2n) is 5.37. The summed E-state index contributed by atoms with van der Waals surface area (Å²) in [4.78, 5) is 11.6. The standard InChI is InChI=1S/C12H20N4O3S2/c1-7(2)15-9(17)5-6-14-12-10(11(13)16-20-12)21(18,19)8-3-4-8/h7-8,14H,3-6H2,1-2H3,(H2,13,16)(H,15,17). The normalized spacial score (nSPS) is 15.2. The predicted molar refractivity (Wildman–Crippen MR) is 83.1 cm³/mol. The maximum absolute atomic E-state index is 12.3. The molecule has 0 atom stereocenters. The average molecular weight is 332 g/mol. The molecule has 118 valence electrons. The topological polar surface area (TPSA) is 114 Å². The van der Waals surface area contributed by atoms with E-state index in [2.05, 4.69) is 15.0 Å². The molecule has 0 aliphatic heterocycles. The van der Waals surface area contributed by atoms with Crippen LogP contribution in [0, 0.1) is 0 Å². The van der Waals surface area contributed by atoms with E-state index in [1.54, 1.807) is 0 Å². The number of nitrogen functional groups attached to an aromatic ring is 1. The number of nitrogens with one attached hydrogen (secondary N) is 2. The lowest BCUT2D eigenvalue weighted by Gasteiger charge is -2.09.